The number of pyridine rings is 1. The van der Waals surface area contributed by atoms with Crippen molar-refractivity contribution in [3.63, 3.8) is 0 Å². The van der Waals surface area contributed by atoms with E-state index >= 15 is 0 Å². The molecule has 1 heterocycles. The molecule has 1 unspecified atom stereocenters. The second-order valence-electron chi connectivity index (χ2n) is 3.91. The van der Waals surface area contributed by atoms with Gasteiger partial charge in [0, 0.05) is 23.7 Å². The highest BCUT2D eigenvalue weighted by molar-refractivity contribution is 5.82. The van der Waals surface area contributed by atoms with Crippen LogP contribution in [-0.4, -0.2) is 16.2 Å². The van der Waals surface area contributed by atoms with Crippen LogP contribution in [0.1, 0.15) is 11.3 Å². The molecule has 2 nitrogen and oxygen atoms in total. The van der Waals surface area contributed by atoms with Crippen LogP contribution in [0.4, 0.5) is 0 Å². The van der Waals surface area contributed by atoms with Crippen molar-refractivity contribution in [2.75, 3.05) is 0 Å². The number of aliphatic hydroxyl groups is 1. The largest absolute Gasteiger partial charge is 0.380 e. The number of fused-ring (bicyclic) bond motifs is 1. The molecule has 0 amide bonds. The number of rotatable bonds is 2. The Bertz CT molecular complexity index is 554. The van der Waals surface area contributed by atoms with Crippen molar-refractivity contribution in [2.45, 2.75) is 19.4 Å². The van der Waals surface area contributed by atoms with Gasteiger partial charge in [0.25, 0.3) is 0 Å². The molecule has 1 atom stereocenters. The summed E-state index contributed by atoms with van der Waals surface area (Å²) in [5.41, 5.74) is 2.03. The van der Waals surface area contributed by atoms with Crippen LogP contribution in [0.15, 0.2) is 30.5 Å². The molecule has 1 aromatic heterocycles. The van der Waals surface area contributed by atoms with E-state index in [0.717, 1.165) is 16.5 Å². The molecule has 16 heavy (non-hydrogen) atoms. The Morgan fingerprint density at radius 3 is 2.94 bits per heavy atom. The zero-order chi connectivity index (χ0) is 11.5. The fourth-order valence-electron chi connectivity index (χ4n) is 1.68. The minimum absolute atomic E-state index is 0.403. The molecule has 0 aliphatic carbocycles. The lowest BCUT2D eigenvalue weighted by atomic mass is 10.1. The molecular weight excluding hydrogens is 198 g/mol. The van der Waals surface area contributed by atoms with Crippen molar-refractivity contribution >= 4 is 10.8 Å². The first-order chi connectivity index (χ1) is 7.69. The van der Waals surface area contributed by atoms with E-state index < -0.39 is 6.10 Å². The van der Waals surface area contributed by atoms with Crippen LogP contribution >= 0.6 is 0 Å². The van der Waals surface area contributed by atoms with E-state index in [9.17, 15) is 5.11 Å². The molecule has 2 rings (SSSR count). The van der Waals surface area contributed by atoms with Gasteiger partial charge < -0.3 is 5.11 Å². The summed E-state index contributed by atoms with van der Waals surface area (Å²) >= 11 is 0. The van der Waals surface area contributed by atoms with Crippen LogP contribution in [0, 0.1) is 19.3 Å². The second-order valence-corrected chi connectivity index (χ2v) is 3.91. The predicted molar refractivity (Wildman–Crippen MR) is 65.0 cm³/mol. The molecule has 0 aliphatic rings. The molecule has 2 aromatic rings. The number of hydrogen-bond donors (Lipinski definition) is 1. The zero-order valence-electron chi connectivity index (χ0n) is 9.14. The molecule has 0 aliphatic heterocycles. The monoisotopic (exact) mass is 211 g/mol. The molecule has 80 valence electrons. The first kappa shape index (κ1) is 10.7. The van der Waals surface area contributed by atoms with E-state index in [-0.39, 0.29) is 0 Å². The fourth-order valence-corrected chi connectivity index (χ4v) is 1.68. The van der Waals surface area contributed by atoms with Gasteiger partial charge in [-0.25, -0.2) is 0 Å². The number of benzene rings is 1. The molecular formula is C14H13NO. The van der Waals surface area contributed by atoms with Crippen LogP contribution in [0.5, 0.6) is 0 Å². The van der Waals surface area contributed by atoms with Gasteiger partial charge >= 0.3 is 0 Å². The average molecular weight is 211 g/mol. The molecule has 0 radical (unpaired) electrons. The van der Waals surface area contributed by atoms with Gasteiger partial charge in [0.2, 0.25) is 0 Å². The van der Waals surface area contributed by atoms with Gasteiger partial charge in [-0.3, -0.25) is 4.98 Å². The van der Waals surface area contributed by atoms with Crippen molar-refractivity contribution in [1.82, 2.24) is 4.98 Å². The fraction of sp³-hybridized carbons (Fsp3) is 0.214. The highest BCUT2D eigenvalue weighted by atomic mass is 16.3. The van der Waals surface area contributed by atoms with Gasteiger partial charge in [-0.2, -0.15) is 0 Å². The quantitative estimate of drug-likeness (QED) is 0.771. The molecule has 1 N–H and O–H groups in total. The minimum Gasteiger partial charge on any atom is -0.380 e. The Kier molecular flexibility index (Phi) is 2.89. The minimum atomic E-state index is -0.754. The van der Waals surface area contributed by atoms with Gasteiger partial charge in [0.1, 0.15) is 6.10 Å². The van der Waals surface area contributed by atoms with Gasteiger partial charge in [-0.05, 0) is 24.4 Å². The van der Waals surface area contributed by atoms with E-state index in [0.29, 0.717) is 6.42 Å². The maximum absolute atomic E-state index is 9.35. The van der Waals surface area contributed by atoms with Crippen LogP contribution < -0.4 is 0 Å². The molecule has 1 aromatic carbocycles. The number of aliphatic hydroxyl groups excluding tert-OH is 1. The zero-order valence-corrected chi connectivity index (χ0v) is 9.14. The van der Waals surface area contributed by atoms with Crippen molar-refractivity contribution in [3.8, 4) is 12.3 Å². The number of terminal acetylenes is 1. The summed E-state index contributed by atoms with van der Waals surface area (Å²) < 4.78 is 0. The van der Waals surface area contributed by atoms with Crippen LogP contribution in [-0.2, 0) is 6.42 Å². The molecule has 0 saturated heterocycles. The number of nitrogens with zero attached hydrogens (tertiary/aromatic N) is 1. The third kappa shape index (κ3) is 2.21. The van der Waals surface area contributed by atoms with E-state index in [4.69, 9.17) is 6.42 Å². The van der Waals surface area contributed by atoms with Crippen LogP contribution in [0.25, 0.3) is 10.8 Å². The lowest BCUT2D eigenvalue weighted by molar-refractivity contribution is 0.232. The highest BCUT2D eigenvalue weighted by Crippen LogP contribution is 2.16. The van der Waals surface area contributed by atoms with E-state index in [2.05, 4.69) is 36.0 Å². The number of hydrogen-bond acceptors (Lipinski definition) is 2. The van der Waals surface area contributed by atoms with Crippen LogP contribution in [0.3, 0.4) is 0 Å². The molecule has 2 heteroatoms. The summed E-state index contributed by atoms with van der Waals surface area (Å²) in [6.45, 7) is 2.05. The first-order valence-corrected chi connectivity index (χ1v) is 5.18. The topological polar surface area (TPSA) is 33.1 Å². The van der Waals surface area contributed by atoms with Gasteiger partial charge in [0.15, 0.2) is 0 Å². The number of aromatic nitrogens is 1. The normalized spacial score (nSPS) is 12.3. The van der Waals surface area contributed by atoms with Crippen molar-refractivity contribution < 1.29 is 5.11 Å². The second kappa shape index (κ2) is 4.34. The summed E-state index contributed by atoms with van der Waals surface area (Å²) in [4.78, 5) is 4.28. The summed E-state index contributed by atoms with van der Waals surface area (Å²) in [5.74, 6) is 2.29. The molecule has 0 fully saturated rings. The molecule has 0 bridgehead atoms. The standard InChI is InChI=1S/C14H13NO/c1-3-14(16)8-13-7-11-5-4-10(2)6-12(11)9-15-13/h1,4-7,9,14,16H,8H2,2H3. The molecule has 0 saturated carbocycles. The van der Waals surface area contributed by atoms with Gasteiger partial charge in [-0.15, -0.1) is 6.42 Å². The lowest BCUT2D eigenvalue weighted by Gasteiger charge is -2.05. The maximum atomic E-state index is 9.35. The lowest BCUT2D eigenvalue weighted by Crippen LogP contribution is -2.07. The maximum Gasteiger partial charge on any atom is 0.120 e. The third-order valence-corrected chi connectivity index (χ3v) is 2.53. The number of aryl methyl sites for hydroxylation is 1. The Hall–Kier alpha value is -1.85. The van der Waals surface area contributed by atoms with Crippen LogP contribution in [0.2, 0.25) is 0 Å². The molecule has 0 spiro atoms. The summed E-state index contributed by atoms with van der Waals surface area (Å²) in [7, 11) is 0. The van der Waals surface area contributed by atoms with Crippen molar-refractivity contribution in [2.24, 2.45) is 0 Å². The summed E-state index contributed by atoms with van der Waals surface area (Å²) in [5, 5.41) is 11.6. The summed E-state index contributed by atoms with van der Waals surface area (Å²) in [6.07, 6.45) is 6.59. The Morgan fingerprint density at radius 2 is 2.19 bits per heavy atom. The van der Waals surface area contributed by atoms with Gasteiger partial charge in [-0.1, -0.05) is 23.6 Å². The van der Waals surface area contributed by atoms with Crippen molar-refractivity contribution in [1.29, 1.82) is 0 Å². The highest BCUT2D eigenvalue weighted by Gasteiger charge is 2.03. The van der Waals surface area contributed by atoms with Crippen molar-refractivity contribution in [3.05, 3.63) is 41.7 Å². The Morgan fingerprint density at radius 1 is 1.38 bits per heavy atom. The smallest absolute Gasteiger partial charge is 0.120 e. The Balaban J connectivity index is 2.38. The van der Waals surface area contributed by atoms with E-state index in [1.165, 1.54) is 5.56 Å². The third-order valence-electron chi connectivity index (χ3n) is 2.53. The Labute approximate surface area is 95.0 Å². The first-order valence-electron chi connectivity index (χ1n) is 5.18. The average Bonchev–Trinajstić information content (AvgIpc) is 2.29. The predicted octanol–water partition coefficient (Wildman–Crippen LogP) is 2.08. The van der Waals surface area contributed by atoms with E-state index in [1.54, 1.807) is 0 Å². The SMILES string of the molecule is C#CC(O)Cc1cc2ccc(C)cc2cn1. The van der Waals surface area contributed by atoms with Gasteiger partial charge in [0.05, 0.1) is 0 Å². The summed E-state index contributed by atoms with van der Waals surface area (Å²) in [6, 6.07) is 8.17. The van der Waals surface area contributed by atoms with E-state index in [1.807, 2.05) is 12.3 Å².